The zero-order valence-electron chi connectivity index (χ0n) is 19.8. The number of halogens is 2. The number of anilines is 1. The molecule has 2 N–H and O–H groups in total. The summed E-state index contributed by atoms with van der Waals surface area (Å²) < 4.78 is 16.7. The number of carbonyl (C=O) groups excluding carboxylic acids is 1. The van der Waals surface area contributed by atoms with E-state index in [0.29, 0.717) is 59.4 Å². The van der Waals surface area contributed by atoms with Crippen molar-refractivity contribution >= 4 is 40.1 Å². The van der Waals surface area contributed by atoms with E-state index in [1.54, 1.807) is 29.1 Å². The maximum atomic E-state index is 15.0. The van der Waals surface area contributed by atoms with Crippen molar-refractivity contribution in [3.05, 3.63) is 58.5 Å². The minimum atomic E-state index is -0.774. The first-order valence-electron chi connectivity index (χ1n) is 12.6. The van der Waals surface area contributed by atoms with Gasteiger partial charge in [0.05, 0.1) is 40.4 Å². The summed E-state index contributed by atoms with van der Waals surface area (Å²) in [5.41, 5.74) is 2.45. The van der Waals surface area contributed by atoms with Crippen molar-refractivity contribution in [1.82, 2.24) is 15.1 Å². The third kappa shape index (κ3) is 4.32. The van der Waals surface area contributed by atoms with Gasteiger partial charge in [0.1, 0.15) is 5.82 Å². The SMILES string of the molecule is O=C(NC1CCC(C(=O)O)CC1)c1ccc(Cl)c2cnn(Cc3ccc(N4C[C@H]5C[C@H]5C4)c(F)c3)c12. The maximum absolute atomic E-state index is 15.0. The fourth-order valence-corrected chi connectivity index (χ4v) is 6.09. The van der Waals surface area contributed by atoms with Crippen LogP contribution in [-0.4, -0.2) is 45.9 Å². The molecule has 3 fully saturated rings. The Morgan fingerprint density at radius 3 is 2.56 bits per heavy atom. The van der Waals surface area contributed by atoms with Gasteiger partial charge in [-0.05, 0) is 73.8 Å². The number of piperidine rings is 1. The largest absolute Gasteiger partial charge is 0.481 e. The molecule has 3 aliphatic rings. The second-order valence-corrected chi connectivity index (χ2v) is 10.9. The van der Waals surface area contributed by atoms with Crippen molar-refractivity contribution < 1.29 is 19.1 Å². The highest BCUT2D eigenvalue weighted by atomic mass is 35.5. The van der Waals surface area contributed by atoms with E-state index in [2.05, 4.69) is 15.3 Å². The first-order chi connectivity index (χ1) is 17.4. The highest BCUT2D eigenvalue weighted by molar-refractivity contribution is 6.36. The van der Waals surface area contributed by atoms with Gasteiger partial charge in [0.15, 0.2) is 0 Å². The molecular formula is C27H28ClFN4O3. The molecule has 36 heavy (non-hydrogen) atoms. The Labute approximate surface area is 213 Å². The van der Waals surface area contributed by atoms with Gasteiger partial charge in [-0.1, -0.05) is 17.7 Å². The highest BCUT2D eigenvalue weighted by Gasteiger charge is 2.45. The molecule has 1 saturated heterocycles. The van der Waals surface area contributed by atoms with Crippen LogP contribution in [0.25, 0.3) is 10.9 Å². The third-order valence-corrected chi connectivity index (χ3v) is 8.40. The molecule has 1 aromatic heterocycles. The van der Waals surface area contributed by atoms with Crippen LogP contribution in [0.2, 0.25) is 5.02 Å². The van der Waals surface area contributed by atoms with Crippen molar-refractivity contribution in [2.45, 2.75) is 44.7 Å². The van der Waals surface area contributed by atoms with Gasteiger partial charge in [-0.25, -0.2) is 4.39 Å². The van der Waals surface area contributed by atoms with E-state index in [4.69, 9.17) is 11.6 Å². The molecule has 1 aliphatic heterocycles. The Kier molecular flexibility index (Phi) is 5.86. The van der Waals surface area contributed by atoms with E-state index in [1.807, 2.05) is 12.1 Å². The van der Waals surface area contributed by atoms with E-state index in [9.17, 15) is 14.7 Å². The van der Waals surface area contributed by atoms with Crippen LogP contribution in [0, 0.1) is 23.6 Å². The summed E-state index contributed by atoms with van der Waals surface area (Å²) in [5, 5.41) is 17.9. The number of hydrogen-bond donors (Lipinski definition) is 2. The predicted molar refractivity (Wildman–Crippen MR) is 135 cm³/mol. The topological polar surface area (TPSA) is 87.5 Å². The average molecular weight is 511 g/mol. The van der Waals surface area contributed by atoms with E-state index in [-0.39, 0.29) is 23.7 Å². The molecule has 9 heteroatoms. The zero-order chi connectivity index (χ0) is 25.0. The summed E-state index contributed by atoms with van der Waals surface area (Å²) in [6.45, 7) is 2.16. The van der Waals surface area contributed by atoms with Crippen molar-refractivity contribution in [3.8, 4) is 0 Å². The Bertz CT molecular complexity index is 1340. The lowest BCUT2D eigenvalue weighted by molar-refractivity contribution is -0.142. The minimum Gasteiger partial charge on any atom is -0.481 e. The number of rotatable bonds is 6. The van der Waals surface area contributed by atoms with Crippen molar-refractivity contribution in [2.75, 3.05) is 18.0 Å². The predicted octanol–water partition coefficient (Wildman–Crippen LogP) is 4.71. The van der Waals surface area contributed by atoms with Gasteiger partial charge < -0.3 is 15.3 Å². The Hall–Kier alpha value is -3.13. The Balaban J connectivity index is 1.22. The van der Waals surface area contributed by atoms with Crippen LogP contribution in [0.3, 0.4) is 0 Å². The molecule has 188 valence electrons. The molecule has 6 rings (SSSR count). The normalized spacial score (nSPS) is 25.1. The molecule has 2 heterocycles. The molecular weight excluding hydrogens is 483 g/mol. The molecule has 2 saturated carbocycles. The molecule has 3 aromatic rings. The summed E-state index contributed by atoms with van der Waals surface area (Å²) >= 11 is 6.42. The lowest BCUT2D eigenvalue weighted by Crippen LogP contribution is -2.38. The molecule has 7 nitrogen and oxygen atoms in total. The van der Waals surface area contributed by atoms with Crippen LogP contribution in [0.1, 0.15) is 48.0 Å². The Morgan fingerprint density at radius 2 is 1.86 bits per heavy atom. The fraction of sp³-hybridized carbons (Fsp3) is 0.444. The summed E-state index contributed by atoms with van der Waals surface area (Å²) in [7, 11) is 0. The van der Waals surface area contributed by atoms with Crippen molar-refractivity contribution in [3.63, 3.8) is 0 Å². The number of carboxylic acids is 1. The number of carboxylic acid groups (broad SMARTS) is 1. The summed E-state index contributed by atoms with van der Waals surface area (Å²) in [5.74, 6) is -0.152. The van der Waals surface area contributed by atoms with Crippen LogP contribution < -0.4 is 10.2 Å². The van der Waals surface area contributed by atoms with Gasteiger partial charge in [-0.3, -0.25) is 14.3 Å². The number of amides is 1. The van der Waals surface area contributed by atoms with Crippen LogP contribution in [-0.2, 0) is 11.3 Å². The van der Waals surface area contributed by atoms with Crippen LogP contribution in [0.4, 0.5) is 10.1 Å². The summed E-state index contributed by atoms with van der Waals surface area (Å²) in [6, 6.07) is 8.60. The Morgan fingerprint density at radius 1 is 1.11 bits per heavy atom. The molecule has 2 aliphatic carbocycles. The van der Waals surface area contributed by atoms with Gasteiger partial charge >= 0.3 is 5.97 Å². The summed E-state index contributed by atoms with van der Waals surface area (Å²) in [4.78, 5) is 26.6. The number of nitrogens with zero attached hydrogens (tertiary/aromatic N) is 3. The molecule has 0 spiro atoms. The molecule has 1 amide bonds. The first-order valence-corrected chi connectivity index (χ1v) is 13.0. The molecule has 2 atom stereocenters. The number of fused-ring (bicyclic) bond motifs is 2. The third-order valence-electron chi connectivity index (χ3n) is 8.07. The lowest BCUT2D eigenvalue weighted by Gasteiger charge is -2.27. The van der Waals surface area contributed by atoms with Crippen LogP contribution in [0.15, 0.2) is 36.5 Å². The summed E-state index contributed by atoms with van der Waals surface area (Å²) in [6.07, 6.45) is 5.26. The van der Waals surface area contributed by atoms with E-state index in [1.165, 1.54) is 6.42 Å². The standard InChI is InChI=1S/C27H28ClFN4O3/c28-22-7-6-20(26(34)31-19-4-2-16(3-5-19)27(35)36)25-21(22)11-30-33(25)12-15-1-8-24(23(29)9-15)32-13-17-10-18(17)14-32/h1,6-9,11,16-19H,2-5,10,12-14H2,(H,31,34)(H,35,36)/t16?,17-,18+,19?. The number of aliphatic carboxylic acids is 1. The van der Waals surface area contributed by atoms with Gasteiger partial charge in [0.25, 0.3) is 5.91 Å². The quantitative estimate of drug-likeness (QED) is 0.501. The van der Waals surface area contributed by atoms with Crippen LogP contribution in [0.5, 0.6) is 0 Å². The number of aromatic nitrogens is 2. The highest BCUT2D eigenvalue weighted by Crippen LogP contribution is 2.46. The van der Waals surface area contributed by atoms with Gasteiger partial charge in [0, 0.05) is 24.5 Å². The van der Waals surface area contributed by atoms with E-state index >= 15 is 4.39 Å². The van der Waals surface area contributed by atoms with Crippen molar-refractivity contribution in [2.24, 2.45) is 17.8 Å². The van der Waals surface area contributed by atoms with Gasteiger partial charge in [0.2, 0.25) is 0 Å². The lowest BCUT2D eigenvalue weighted by atomic mass is 9.86. The number of benzene rings is 2. The first kappa shape index (κ1) is 23.3. The minimum absolute atomic E-state index is 0.0755. The average Bonchev–Trinajstić information content (AvgIpc) is 3.25. The van der Waals surface area contributed by atoms with Gasteiger partial charge in [-0.2, -0.15) is 5.10 Å². The second-order valence-electron chi connectivity index (χ2n) is 10.5. The van der Waals surface area contributed by atoms with Gasteiger partial charge in [-0.15, -0.1) is 0 Å². The molecule has 2 aromatic carbocycles. The van der Waals surface area contributed by atoms with E-state index in [0.717, 1.165) is 30.5 Å². The van der Waals surface area contributed by atoms with Crippen LogP contribution >= 0.6 is 11.6 Å². The molecule has 0 radical (unpaired) electrons. The monoisotopic (exact) mass is 510 g/mol. The second kappa shape index (κ2) is 9.07. The zero-order valence-corrected chi connectivity index (χ0v) is 20.5. The maximum Gasteiger partial charge on any atom is 0.306 e. The molecule has 0 unspecified atom stereocenters. The number of hydrogen-bond acceptors (Lipinski definition) is 4. The smallest absolute Gasteiger partial charge is 0.306 e. The molecule has 0 bridgehead atoms. The van der Waals surface area contributed by atoms with Crippen molar-refractivity contribution in [1.29, 1.82) is 0 Å². The number of carbonyl (C=O) groups is 2. The fourth-order valence-electron chi connectivity index (χ4n) is 5.89. The number of nitrogens with one attached hydrogen (secondary N) is 1. The van der Waals surface area contributed by atoms with E-state index < -0.39 is 5.97 Å².